The fourth-order valence-corrected chi connectivity index (χ4v) is 9.56. The van der Waals surface area contributed by atoms with Gasteiger partial charge in [0.1, 0.15) is 35.5 Å². The molecule has 0 atom stereocenters. The van der Waals surface area contributed by atoms with E-state index >= 15 is 0 Å². The van der Waals surface area contributed by atoms with Gasteiger partial charge in [0.15, 0.2) is 0 Å². The molecule has 0 saturated heterocycles. The third-order valence-electron chi connectivity index (χ3n) is 12.8. The predicted molar refractivity (Wildman–Crippen MR) is 267 cm³/mol. The van der Waals surface area contributed by atoms with Gasteiger partial charge in [-0.05, 0) is 119 Å². The van der Waals surface area contributed by atoms with Crippen LogP contribution in [-0.2, 0) is 5.41 Å². The molecule has 13 rings (SSSR count). The molecule has 0 saturated carbocycles. The number of benzene rings is 8. The second kappa shape index (κ2) is 15.0. The zero-order valence-electron chi connectivity index (χ0n) is 39.3. The Bertz CT molecular complexity index is 3610. The van der Waals surface area contributed by atoms with E-state index < -0.39 is 6.85 Å². The van der Waals surface area contributed by atoms with Crippen LogP contribution in [-0.4, -0.2) is 16.2 Å². The number of aromatic nitrogens is 2. The van der Waals surface area contributed by atoms with Gasteiger partial charge in [-0.15, -0.1) is 0 Å². The van der Waals surface area contributed by atoms with Crippen LogP contribution in [0.4, 0.5) is 22.7 Å². The van der Waals surface area contributed by atoms with Gasteiger partial charge in [0.25, 0.3) is 0 Å². The first-order chi connectivity index (χ1) is 32.9. The van der Waals surface area contributed by atoms with E-state index in [0.717, 1.165) is 66.8 Å². The van der Waals surface area contributed by atoms with Crippen molar-refractivity contribution >= 4 is 44.6 Å². The molecule has 10 aromatic rings. The summed E-state index contributed by atoms with van der Waals surface area (Å²) >= 11 is 0. The summed E-state index contributed by atoms with van der Waals surface area (Å²) in [5.74, 6) is 3.04. The standard InChI is InChI=1S/C59H46N4O2/c1-38-30-57-60-36-52(38)41-17-11-20-45(32-41)64-44-19-10-16-40(31-44)49-23-13-22-48(39-14-6-5-7-15-39)58(49)62-37-61(54-24-8-9-25-55(54)62)43-18-12-21-46(34-43)65-47-27-28-50-51-33-42(59(2,3)4)26-29-53(51)63(57)56(50)35-47/h5-36H,37H2,1-4H3/i1D3. The SMILES string of the molecule is [2H]C([2H])([2H])c1cc2ncc1-c1cccc(c1)Oc1cccc(c1)-c1cccc(-c3ccccc3)c1N1CN(c3cccc(c3)Oc3ccc4c5cc(C(C)(C)C)ccc5n-2c4c3)c2ccccc21. The molecule has 6 heteroatoms. The van der Waals surface area contributed by atoms with Gasteiger partial charge >= 0.3 is 0 Å². The van der Waals surface area contributed by atoms with E-state index in [1.165, 1.54) is 5.56 Å². The predicted octanol–water partition coefficient (Wildman–Crippen LogP) is 15.9. The fourth-order valence-electron chi connectivity index (χ4n) is 9.56. The molecule has 65 heavy (non-hydrogen) atoms. The lowest BCUT2D eigenvalue weighted by molar-refractivity contribution is 0.483. The number of fused-ring (bicyclic) bond motifs is 5. The lowest BCUT2D eigenvalue weighted by Gasteiger charge is -2.27. The Hall–Kier alpha value is -8.09. The van der Waals surface area contributed by atoms with E-state index in [-0.39, 0.29) is 11.0 Å². The second-order valence-electron chi connectivity index (χ2n) is 17.9. The molecule has 0 aliphatic carbocycles. The lowest BCUT2D eigenvalue weighted by atomic mass is 9.86. The molecular weight excluding hydrogens is 797 g/mol. The molecular formula is C59H46N4O2. The lowest BCUT2D eigenvalue weighted by Crippen LogP contribution is -2.25. The Morgan fingerprint density at radius 1 is 0.508 bits per heavy atom. The van der Waals surface area contributed by atoms with Crippen LogP contribution in [0.15, 0.2) is 194 Å². The minimum atomic E-state index is -2.46. The molecule has 0 N–H and O–H groups in total. The Balaban J connectivity index is 1.09. The molecule has 314 valence electrons. The van der Waals surface area contributed by atoms with Crippen LogP contribution in [0.25, 0.3) is 61.0 Å². The van der Waals surface area contributed by atoms with Crippen molar-refractivity contribution in [2.75, 3.05) is 16.5 Å². The number of anilines is 4. The van der Waals surface area contributed by atoms with Crippen LogP contribution in [0, 0.1) is 6.85 Å². The van der Waals surface area contributed by atoms with Crippen molar-refractivity contribution in [3.8, 4) is 62.2 Å². The van der Waals surface area contributed by atoms with E-state index in [4.69, 9.17) is 18.6 Å². The second-order valence-corrected chi connectivity index (χ2v) is 17.9. The minimum absolute atomic E-state index is 0.0930. The van der Waals surface area contributed by atoms with Crippen LogP contribution in [0.3, 0.4) is 0 Å². The summed E-state index contributed by atoms with van der Waals surface area (Å²) in [6, 6.07) is 64.0. The normalized spacial score (nSPS) is 13.9. The highest BCUT2D eigenvalue weighted by Gasteiger charge is 2.31. The van der Waals surface area contributed by atoms with Crippen molar-refractivity contribution in [2.45, 2.75) is 33.0 Å². The highest BCUT2D eigenvalue weighted by molar-refractivity contribution is 6.10. The summed E-state index contributed by atoms with van der Waals surface area (Å²) in [6.45, 7) is 4.72. The number of pyridine rings is 1. The van der Waals surface area contributed by atoms with Crippen molar-refractivity contribution < 1.29 is 13.6 Å². The van der Waals surface area contributed by atoms with Crippen LogP contribution < -0.4 is 19.3 Å². The maximum absolute atomic E-state index is 8.84. The highest BCUT2D eigenvalue weighted by atomic mass is 16.5. The van der Waals surface area contributed by atoms with Gasteiger partial charge in [-0.1, -0.05) is 118 Å². The Kier molecular flexibility index (Phi) is 8.18. The molecule has 12 bridgehead atoms. The Morgan fingerprint density at radius 2 is 1.14 bits per heavy atom. The molecule has 0 unspecified atom stereocenters. The molecule has 8 aromatic carbocycles. The molecule has 0 fully saturated rings. The van der Waals surface area contributed by atoms with Gasteiger partial charge in [-0.3, -0.25) is 4.57 Å². The summed E-state index contributed by atoms with van der Waals surface area (Å²) in [5, 5.41) is 2.05. The van der Waals surface area contributed by atoms with E-state index in [2.05, 4.69) is 150 Å². The van der Waals surface area contributed by atoms with Crippen molar-refractivity contribution in [1.82, 2.24) is 9.55 Å². The number of aryl methyl sites for hydroxylation is 1. The van der Waals surface area contributed by atoms with Crippen LogP contribution >= 0.6 is 0 Å². The highest BCUT2D eigenvalue weighted by Crippen LogP contribution is 2.51. The van der Waals surface area contributed by atoms with Gasteiger partial charge in [0.05, 0.1) is 28.1 Å². The van der Waals surface area contributed by atoms with E-state index in [9.17, 15) is 0 Å². The van der Waals surface area contributed by atoms with Gasteiger partial charge in [-0.2, -0.15) is 0 Å². The fraction of sp³-hybridized carbons (Fsp3) is 0.102. The number of hydrogen-bond acceptors (Lipinski definition) is 5. The van der Waals surface area contributed by atoms with Gasteiger partial charge in [0, 0.05) is 55.6 Å². The average molecular weight is 846 g/mol. The van der Waals surface area contributed by atoms with E-state index in [0.29, 0.717) is 46.6 Å². The van der Waals surface area contributed by atoms with Crippen LogP contribution in [0.2, 0.25) is 0 Å². The topological polar surface area (TPSA) is 42.8 Å². The molecule has 2 aromatic heterocycles. The monoisotopic (exact) mass is 845 g/mol. The van der Waals surface area contributed by atoms with Crippen molar-refractivity contribution in [1.29, 1.82) is 0 Å². The summed E-state index contributed by atoms with van der Waals surface area (Å²) in [7, 11) is 0. The number of nitrogens with zero attached hydrogens (tertiary/aromatic N) is 4. The molecule has 3 aliphatic heterocycles. The smallest absolute Gasteiger partial charge is 0.137 e. The maximum atomic E-state index is 8.84. The summed E-state index contributed by atoms with van der Waals surface area (Å²) < 4.78 is 42.1. The van der Waals surface area contributed by atoms with Crippen molar-refractivity contribution in [2.24, 2.45) is 0 Å². The van der Waals surface area contributed by atoms with E-state index in [1.54, 1.807) is 12.3 Å². The Morgan fingerprint density at radius 3 is 1.88 bits per heavy atom. The molecule has 0 amide bonds. The van der Waals surface area contributed by atoms with E-state index in [1.807, 2.05) is 66.7 Å². The molecule has 5 heterocycles. The first-order valence-electron chi connectivity index (χ1n) is 23.5. The molecule has 0 radical (unpaired) electrons. The maximum Gasteiger partial charge on any atom is 0.137 e. The first-order valence-corrected chi connectivity index (χ1v) is 22.0. The molecule has 3 aliphatic rings. The quantitative estimate of drug-likeness (QED) is 0.165. The van der Waals surface area contributed by atoms with Gasteiger partial charge < -0.3 is 19.3 Å². The number of ether oxygens (including phenoxy) is 2. The summed E-state index contributed by atoms with van der Waals surface area (Å²) in [6.07, 6.45) is 1.68. The zero-order chi connectivity index (χ0) is 46.3. The largest absolute Gasteiger partial charge is 0.457 e. The minimum Gasteiger partial charge on any atom is -0.457 e. The summed E-state index contributed by atoms with van der Waals surface area (Å²) in [5.41, 5.74) is 12.7. The zero-order valence-corrected chi connectivity index (χ0v) is 36.3. The van der Waals surface area contributed by atoms with Crippen molar-refractivity contribution in [3.63, 3.8) is 0 Å². The van der Waals surface area contributed by atoms with Gasteiger partial charge in [0.2, 0.25) is 0 Å². The third kappa shape index (κ3) is 6.68. The van der Waals surface area contributed by atoms with Crippen LogP contribution in [0.1, 0.15) is 36.0 Å². The average Bonchev–Trinajstić information content (AvgIpc) is 3.89. The number of para-hydroxylation sites is 3. The van der Waals surface area contributed by atoms with Gasteiger partial charge in [-0.25, -0.2) is 4.98 Å². The third-order valence-corrected chi connectivity index (χ3v) is 12.8. The molecule has 6 nitrogen and oxygen atoms in total. The molecule has 0 spiro atoms. The van der Waals surface area contributed by atoms with Crippen LogP contribution in [0.5, 0.6) is 23.0 Å². The Labute approximate surface area is 383 Å². The number of hydrogen-bond donors (Lipinski definition) is 0. The number of rotatable bonds is 1. The summed E-state index contributed by atoms with van der Waals surface area (Å²) in [4.78, 5) is 9.79. The van der Waals surface area contributed by atoms with Crippen molar-refractivity contribution in [3.05, 3.63) is 205 Å². The first kappa shape index (κ1) is 35.4.